The van der Waals surface area contributed by atoms with Crippen molar-refractivity contribution in [3.05, 3.63) is 59.9 Å². The van der Waals surface area contributed by atoms with Crippen LogP contribution in [0.2, 0.25) is 0 Å². The Morgan fingerprint density at radius 3 is 2.29 bits per heavy atom. The molecule has 1 aliphatic rings. The van der Waals surface area contributed by atoms with E-state index < -0.39 is 16.0 Å². The Morgan fingerprint density at radius 1 is 1.10 bits per heavy atom. The number of anilines is 1. The summed E-state index contributed by atoms with van der Waals surface area (Å²) in [6, 6.07) is 11.6. The monoisotopic (exact) mass is 448 g/mol. The number of hydrogen-bond acceptors (Lipinski definition) is 5. The fraction of sp³-hybridized carbons (Fsp3) is 0.364. The molecule has 0 N–H and O–H groups in total. The van der Waals surface area contributed by atoms with Crippen molar-refractivity contribution >= 4 is 27.6 Å². The topological polar surface area (TPSA) is 84.0 Å². The summed E-state index contributed by atoms with van der Waals surface area (Å²) >= 11 is 0. The lowest BCUT2D eigenvalue weighted by atomic mass is 9.96. The van der Waals surface area contributed by atoms with E-state index in [1.54, 1.807) is 29.2 Å². The highest BCUT2D eigenvalue weighted by Gasteiger charge is 2.35. The van der Waals surface area contributed by atoms with E-state index in [0.717, 1.165) is 0 Å². The Balaban J connectivity index is 1.73. The van der Waals surface area contributed by atoms with Gasteiger partial charge >= 0.3 is 5.97 Å². The number of esters is 1. The Morgan fingerprint density at radius 2 is 1.71 bits per heavy atom. The van der Waals surface area contributed by atoms with E-state index in [4.69, 9.17) is 4.74 Å². The number of halogens is 1. The van der Waals surface area contributed by atoms with Crippen LogP contribution in [0.4, 0.5) is 10.1 Å². The molecule has 0 bridgehead atoms. The molecule has 2 aromatic rings. The Labute approximate surface area is 181 Å². The molecule has 1 heterocycles. The van der Waals surface area contributed by atoms with Gasteiger partial charge in [0.2, 0.25) is 15.9 Å². The number of carbonyl (C=O) groups excluding carboxylic acids is 2. The third-order valence-electron chi connectivity index (χ3n) is 5.43. The number of rotatable bonds is 6. The van der Waals surface area contributed by atoms with Crippen LogP contribution in [0.3, 0.4) is 0 Å². The molecule has 0 atom stereocenters. The quantitative estimate of drug-likeness (QED) is 0.634. The number of hydrogen-bond donors (Lipinski definition) is 0. The molecule has 3 rings (SSSR count). The van der Waals surface area contributed by atoms with Gasteiger partial charge in [-0.3, -0.25) is 4.79 Å². The number of methoxy groups -OCH3 is 1. The fourth-order valence-electron chi connectivity index (χ4n) is 3.76. The highest BCUT2D eigenvalue weighted by Crippen LogP contribution is 2.28. The molecular weight excluding hydrogens is 423 g/mol. The summed E-state index contributed by atoms with van der Waals surface area (Å²) in [6.45, 7) is 2.59. The van der Waals surface area contributed by atoms with E-state index in [0.29, 0.717) is 25.1 Å². The van der Waals surface area contributed by atoms with Gasteiger partial charge in [0.05, 0.1) is 17.6 Å². The normalized spacial score (nSPS) is 15.5. The lowest BCUT2D eigenvalue weighted by molar-refractivity contribution is -0.123. The van der Waals surface area contributed by atoms with E-state index in [1.807, 2.05) is 6.92 Å². The summed E-state index contributed by atoms with van der Waals surface area (Å²) in [6.07, 6.45) is 0.715. The summed E-state index contributed by atoms with van der Waals surface area (Å²) < 4.78 is 45.5. The van der Waals surface area contributed by atoms with Crippen LogP contribution >= 0.6 is 0 Å². The van der Waals surface area contributed by atoms with Crippen LogP contribution < -0.4 is 4.90 Å². The summed E-state index contributed by atoms with van der Waals surface area (Å²) in [5, 5.41) is 0. The van der Waals surface area contributed by atoms with Crippen molar-refractivity contribution in [2.45, 2.75) is 24.7 Å². The molecule has 1 saturated heterocycles. The van der Waals surface area contributed by atoms with Gasteiger partial charge < -0.3 is 9.64 Å². The molecule has 0 saturated carbocycles. The molecule has 0 radical (unpaired) electrons. The van der Waals surface area contributed by atoms with Crippen molar-refractivity contribution in [2.24, 2.45) is 5.92 Å². The molecule has 1 amide bonds. The first-order valence-electron chi connectivity index (χ1n) is 10.0. The Bertz CT molecular complexity index is 1050. The number of nitrogens with zero attached hydrogens (tertiary/aromatic N) is 2. The average molecular weight is 449 g/mol. The van der Waals surface area contributed by atoms with E-state index in [-0.39, 0.29) is 41.2 Å². The fourth-order valence-corrected chi connectivity index (χ4v) is 5.41. The summed E-state index contributed by atoms with van der Waals surface area (Å²) in [4.78, 5) is 26.5. The minimum Gasteiger partial charge on any atom is -0.465 e. The molecule has 1 fully saturated rings. The molecule has 0 aliphatic carbocycles. The van der Waals surface area contributed by atoms with Crippen molar-refractivity contribution in [1.82, 2.24) is 4.31 Å². The largest absolute Gasteiger partial charge is 0.465 e. The maximum absolute atomic E-state index is 13.2. The van der Waals surface area contributed by atoms with Crippen LogP contribution in [0.1, 0.15) is 30.1 Å². The van der Waals surface area contributed by atoms with Crippen LogP contribution in [0.25, 0.3) is 0 Å². The van der Waals surface area contributed by atoms with E-state index in [1.165, 1.54) is 35.7 Å². The molecule has 31 heavy (non-hydrogen) atoms. The molecule has 9 heteroatoms. The predicted molar refractivity (Wildman–Crippen MR) is 114 cm³/mol. The van der Waals surface area contributed by atoms with Crippen molar-refractivity contribution in [2.75, 3.05) is 31.6 Å². The molecular formula is C22H25FN2O5S. The van der Waals surface area contributed by atoms with Crippen molar-refractivity contribution in [3.8, 4) is 0 Å². The van der Waals surface area contributed by atoms with Gasteiger partial charge in [0.15, 0.2) is 0 Å². The minimum atomic E-state index is -3.91. The van der Waals surface area contributed by atoms with Crippen LogP contribution in [-0.2, 0) is 19.6 Å². The lowest BCUT2D eigenvalue weighted by Crippen LogP contribution is -2.44. The molecule has 2 aromatic carbocycles. The predicted octanol–water partition coefficient (Wildman–Crippen LogP) is 3.07. The van der Waals surface area contributed by atoms with Gasteiger partial charge in [-0.1, -0.05) is 12.1 Å². The SMILES string of the molecule is CCN(C(=O)C1CCN(S(=O)(=O)c2ccccc2C(=O)OC)CC1)c1ccc(F)cc1. The number of ether oxygens (including phenoxy) is 1. The molecule has 0 aromatic heterocycles. The molecule has 0 spiro atoms. The van der Waals surface area contributed by atoms with Crippen molar-refractivity contribution in [3.63, 3.8) is 0 Å². The van der Waals surface area contributed by atoms with Crippen LogP contribution in [0.5, 0.6) is 0 Å². The molecule has 166 valence electrons. The van der Waals surface area contributed by atoms with Crippen LogP contribution in [-0.4, -0.2) is 51.3 Å². The van der Waals surface area contributed by atoms with Gasteiger partial charge in [-0.25, -0.2) is 17.6 Å². The average Bonchev–Trinajstić information content (AvgIpc) is 2.80. The zero-order valence-electron chi connectivity index (χ0n) is 17.5. The number of piperidine rings is 1. The Kier molecular flexibility index (Phi) is 7.07. The second-order valence-electron chi connectivity index (χ2n) is 7.23. The zero-order valence-corrected chi connectivity index (χ0v) is 18.3. The van der Waals surface area contributed by atoms with Crippen LogP contribution in [0.15, 0.2) is 53.4 Å². The van der Waals surface area contributed by atoms with E-state index >= 15 is 0 Å². The first-order chi connectivity index (χ1) is 14.8. The summed E-state index contributed by atoms with van der Waals surface area (Å²) in [5.41, 5.74) is 0.590. The third-order valence-corrected chi connectivity index (χ3v) is 7.39. The first-order valence-corrected chi connectivity index (χ1v) is 11.5. The zero-order chi connectivity index (χ0) is 22.6. The summed E-state index contributed by atoms with van der Waals surface area (Å²) in [7, 11) is -2.72. The molecule has 1 aliphatic heterocycles. The Hall–Kier alpha value is -2.78. The van der Waals surface area contributed by atoms with E-state index in [2.05, 4.69) is 0 Å². The van der Waals surface area contributed by atoms with Gasteiger partial charge in [-0.15, -0.1) is 0 Å². The maximum atomic E-state index is 13.2. The van der Waals surface area contributed by atoms with Gasteiger partial charge in [0, 0.05) is 31.2 Å². The number of benzene rings is 2. The maximum Gasteiger partial charge on any atom is 0.339 e. The van der Waals surface area contributed by atoms with Gasteiger partial charge in [-0.2, -0.15) is 4.31 Å². The lowest BCUT2D eigenvalue weighted by Gasteiger charge is -2.33. The first kappa shape index (κ1) is 22.9. The van der Waals surface area contributed by atoms with Crippen LogP contribution in [0, 0.1) is 11.7 Å². The van der Waals surface area contributed by atoms with Gasteiger partial charge in [0.25, 0.3) is 0 Å². The van der Waals surface area contributed by atoms with E-state index in [9.17, 15) is 22.4 Å². The standard InChI is InChI=1S/C22H25FN2O5S/c1-3-25(18-10-8-17(23)9-11-18)21(26)16-12-14-24(15-13-16)31(28,29)20-7-5-4-6-19(20)22(27)30-2/h4-11,16H,3,12-15H2,1-2H3. The van der Waals surface area contributed by atoms with Gasteiger partial charge in [-0.05, 0) is 56.2 Å². The smallest absolute Gasteiger partial charge is 0.339 e. The van der Waals surface area contributed by atoms with Crippen molar-refractivity contribution in [1.29, 1.82) is 0 Å². The number of sulfonamides is 1. The highest BCUT2D eigenvalue weighted by atomic mass is 32.2. The van der Waals surface area contributed by atoms with Gasteiger partial charge in [0.1, 0.15) is 5.82 Å². The number of amides is 1. The highest BCUT2D eigenvalue weighted by molar-refractivity contribution is 7.89. The third kappa shape index (κ3) is 4.77. The van der Waals surface area contributed by atoms with Crippen molar-refractivity contribution < 1.29 is 27.1 Å². The second-order valence-corrected chi connectivity index (χ2v) is 9.13. The molecule has 7 nitrogen and oxygen atoms in total. The summed E-state index contributed by atoms with van der Waals surface area (Å²) in [5.74, 6) is -1.55. The molecule has 0 unspecified atom stereocenters. The number of carbonyl (C=O) groups is 2. The minimum absolute atomic E-state index is 0.0170. The second kappa shape index (κ2) is 9.57.